The van der Waals surface area contributed by atoms with Crippen molar-refractivity contribution in [1.82, 2.24) is 15.5 Å². The maximum atomic E-state index is 12.2. The molecule has 0 fully saturated rings. The molecule has 1 amide bonds. The Bertz CT molecular complexity index is 936. The minimum Gasteiger partial charge on any atom is -0.490 e. The monoisotopic (exact) mass is 367 g/mol. The average Bonchev–Trinajstić information content (AvgIpc) is 3.09. The molecule has 0 saturated heterocycles. The van der Waals surface area contributed by atoms with E-state index in [9.17, 15) is 9.59 Å². The van der Waals surface area contributed by atoms with Crippen LogP contribution in [0.1, 0.15) is 22.5 Å². The molecule has 0 aliphatic carbocycles. The van der Waals surface area contributed by atoms with Crippen molar-refractivity contribution < 1.29 is 19.1 Å². The van der Waals surface area contributed by atoms with Crippen molar-refractivity contribution in [2.75, 3.05) is 19.8 Å². The van der Waals surface area contributed by atoms with Gasteiger partial charge in [-0.3, -0.25) is 14.7 Å². The van der Waals surface area contributed by atoms with E-state index in [0.29, 0.717) is 5.69 Å². The standard InChI is InChI=1S/C20H21N3O4/c1-14-5-4-6-15(13-14)26-11-12-27-18(24)9-10-21-20(25)19-16-7-2-3-8-17(16)22-23-19/h2-8,13H,9-12H2,1H3,(H,21,25)(H,22,23). The van der Waals surface area contributed by atoms with Gasteiger partial charge >= 0.3 is 5.97 Å². The Labute approximate surface area is 156 Å². The predicted octanol–water partition coefficient (Wildman–Crippen LogP) is 2.61. The van der Waals surface area contributed by atoms with E-state index in [0.717, 1.165) is 22.2 Å². The molecule has 2 aromatic carbocycles. The molecule has 0 unspecified atom stereocenters. The zero-order valence-corrected chi connectivity index (χ0v) is 15.0. The van der Waals surface area contributed by atoms with E-state index in [1.807, 2.05) is 55.5 Å². The third kappa shape index (κ3) is 5.07. The van der Waals surface area contributed by atoms with Crippen molar-refractivity contribution in [1.29, 1.82) is 0 Å². The van der Waals surface area contributed by atoms with Gasteiger partial charge in [0.1, 0.15) is 19.0 Å². The molecule has 7 heteroatoms. The number of rotatable bonds is 8. The third-order valence-corrected chi connectivity index (χ3v) is 3.90. The SMILES string of the molecule is Cc1cccc(OCCOC(=O)CCNC(=O)c2n[nH]c3ccccc23)c1. The molecule has 2 N–H and O–H groups in total. The number of benzene rings is 2. The fourth-order valence-electron chi connectivity index (χ4n) is 2.59. The molecule has 140 valence electrons. The van der Waals surface area contributed by atoms with Crippen molar-refractivity contribution in [2.24, 2.45) is 0 Å². The number of aromatic nitrogens is 2. The summed E-state index contributed by atoms with van der Waals surface area (Å²) in [7, 11) is 0. The van der Waals surface area contributed by atoms with E-state index < -0.39 is 5.97 Å². The number of carbonyl (C=O) groups is 2. The number of aromatic amines is 1. The highest BCUT2D eigenvalue weighted by Crippen LogP contribution is 2.14. The lowest BCUT2D eigenvalue weighted by molar-refractivity contribution is -0.144. The molecule has 0 atom stereocenters. The highest BCUT2D eigenvalue weighted by molar-refractivity contribution is 6.04. The summed E-state index contributed by atoms with van der Waals surface area (Å²) in [6, 6.07) is 15.0. The number of aryl methyl sites for hydroxylation is 1. The first-order chi connectivity index (χ1) is 13.1. The number of H-pyrrole nitrogens is 1. The van der Waals surface area contributed by atoms with Gasteiger partial charge in [0, 0.05) is 11.9 Å². The molecule has 0 saturated carbocycles. The summed E-state index contributed by atoms with van der Waals surface area (Å²) in [5, 5.41) is 10.2. The average molecular weight is 367 g/mol. The third-order valence-electron chi connectivity index (χ3n) is 3.90. The summed E-state index contributed by atoms with van der Waals surface area (Å²) in [6.07, 6.45) is 0.0819. The fourth-order valence-corrected chi connectivity index (χ4v) is 2.59. The molecule has 1 heterocycles. The van der Waals surface area contributed by atoms with Gasteiger partial charge in [-0.2, -0.15) is 5.10 Å². The number of amides is 1. The molecular formula is C20H21N3O4. The summed E-state index contributed by atoms with van der Waals surface area (Å²) in [5.41, 5.74) is 2.20. The summed E-state index contributed by atoms with van der Waals surface area (Å²) in [4.78, 5) is 23.9. The number of hydrogen-bond acceptors (Lipinski definition) is 5. The Balaban J connectivity index is 1.35. The lowest BCUT2D eigenvalue weighted by Gasteiger charge is -2.08. The van der Waals surface area contributed by atoms with Gasteiger partial charge in [0.15, 0.2) is 5.69 Å². The van der Waals surface area contributed by atoms with Crippen LogP contribution in [0.3, 0.4) is 0 Å². The number of nitrogens with one attached hydrogen (secondary N) is 2. The van der Waals surface area contributed by atoms with E-state index in [1.54, 1.807) is 0 Å². The van der Waals surface area contributed by atoms with Crippen LogP contribution in [0.5, 0.6) is 5.75 Å². The zero-order valence-electron chi connectivity index (χ0n) is 15.0. The fraction of sp³-hybridized carbons (Fsp3) is 0.250. The van der Waals surface area contributed by atoms with Crippen molar-refractivity contribution in [2.45, 2.75) is 13.3 Å². The van der Waals surface area contributed by atoms with Gasteiger partial charge < -0.3 is 14.8 Å². The van der Waals surface area contributed by atoms with Crippen molar-refractivity contribution in [3.05, 3.63) is 59.8 Å². The highest BCUT2D eigenvalue weighted by Gasteiger charge is 2.13. The Hall–Kier alpha value is -3.35. The Morgan fingerprint density at radius 2 is 1.96 bits per heavy atom. The first-order valence-electron chi connectivity index (χ1n) is 8.70. The summed E-state index contributed by atoms with van der Waals surface area (Å²) in [5.74, 6) is 0.0163. The molecule has 7 nitrogen and oxygen atoms in total. The molecule has 0 radical (unpaired) electrons. The maximum absolute atomic E-state index is 12.2. The summed E-state index contributed by atoms with van der Waals surface area (Å²) in [6.45, 7) is 2.59. The first kappa shape index (κ1) is 18.4. The van der Waals surface area contributed by atoms with Crippen LogP contribution in [0, 0.1) is 6.92 Å². The molecule has 3 aromatic rings. The Kier molecular flexibility index (Phi) is 6.04. The van der Waals surface area contributed by atoms with Crippen molar-refractivity contribution in [3.63, 3.8) is 0 Å². The van der Waals surface area contributed by atoms with E-state index in [1.165, 1.54) is 0 Å². The van der Waals surface area contributed by atoms with Crippen LogP contribution < -0.4 is 10.1 Å². The van der Waals surface area contributed by atoms with Crippen LogP contribution in [0.4, 0.5) is 0 Å². The molecule has 0 spiro atoms. The van der Waals surface area contributed by atoms with E-state index >= 15 is 0 Å². The van der Waals surface area contributed by atoms with E-state index in [4.69, 9.17) is 9.47 Å². The Morgan fingerprint density at radius 3 is 2.81 bits per heavy atom. The number of fused-ring (bicyclic) bond motifs is 1. The largest absolute Gasteiger partial charge is 0.490 e. The minimum atomic E-state index is -0.393. The van der Waals surface area contributed by atoms with E-state index in [-0.39, 0.29) is 32.1 Å². The lowest BCUT2D eigenvalue weighted by atomic mass is 10.2. The van der Waals surface area contributed by atoms with Crippen LogP contribution in [-0.2, 0) is 9.53 Å². The number of hydrogen-bond donors (Lipinski definition) is 2. The second-order valence-corrected chi connectivity index (χ2v) is 6.01. The smallest absolute Gasteiger partial charge is 0.307 e. The number of ether oxygens (including phenoxy) is 2. The maximum Gasteiger partial charge on any atom is 0.307 e. The second-order valence-electron chi connectivity index (χ2n) is 6.01. The van der Waals surface area contributed by atoms with Gasteiger partial charge in [0.2, 0.25) is 0 Å². The van der Waals surface area contributed by atoms with Gasteiger partial charge in [-0.05, 0) is 30.7 Å². The lowest BCUT2D eigenvalue weighted by Crippen LogP contribution is -2.27. The van der Waals surface area contributed by atoms with Crippen LogP contribution in [-0.4, -0.2) is 41.8 Å². The quantitative estimate of drug-likeness (QED) is 0.472. The van der Waals surface area contributed by atoms with E-state index in [2.05, 4.69) is 15.5 Å². The minimum absolute atomic E-state index is 0.0819. The number of esters is 1. The molecular weight excluding hydrogens is 346 g/mol. The Morgan fingerprint density at radius 1 is 1.11 bits per heavy atom. The second kappa shape index (κ2) is 8.84. The van der Waals surface area contributed by atoms with Gasteiger partial charge in [0.25, 0.3) is 5.91 Å². The number of para-hydroxylation sites is 1. The van der Waals surface area contributed by atoms with Gasteiger partial charge in [-0.25, -0.2) is 0 Å². The number of carbonyl (C=O) groups excluding carboxylic acids is 2. The predicted molar refractivity (Wildman–Crippen MR) is 101 cm³/mol. The van der Waals surface area contributed by atoms with Crippen LogP contribution >= 0.6 is 0 Å². The molecule has 3 rings (SSSR count). The summed E-state index contributed by atoms with van der Waals surface area (Å²) >= 11 is 0. The molecule has 0 bridgehead atoms. The normalized spacial score (nSPS) is 10.6. The van der Waals surface area contributed by atoms with Crippen LogP contribution in [0.2, 0.25) is 0 Å². The molecule has 0 aliphatic heterocycles. The molecule has 1 aromatic heterocycles. The molecule has 0 aliphatic rings. The van der Waals surface area contributed by atoms with Crippen molar-refractivity contribution >= 4 is 22.8 Å². The van der Waals surface area contributed by atoms with Gasteiger partial charge in [-0.15, -0.1) is 0 Å². The van der Waals surface area contributed by atoms with Gasteiger partial charge in [-0.1, -0.05) is 30.3 Å². The van der Waals surface area contributed by atoms with Crippen LogP contribution in [0.25, 0.3) is 10.9 Å². The topological polar surface area (TPSA) is 93.3 Å². The van der Waals surface area contributed by atoms with Crippen molar-refractivity contribution in [3.8, 4) is 5.75 Å². The van der Waals surface area contributed by atoms with Crippen LogP contribution in [0.15, 0.2) is 48.5 Å². The number of nitrogens with zero attached hydrogens (tertiary/aromatic N) is 1. The molecule has 27 heavy (non-hydrogen) atoms. The van der Waals surface area contributed by atoms with Gasteiger partial charge in [0.05, 0.1) is 11.9 Å². The highest BCUT2D eigenvalue weighted by atomic mass is 16.6. The summed E-state index contributed by atoms with van der Waals surface area (Å²) < 4.78 is 10.6. The first-order valence-corrected chi connectivity index (χ1v) is 8.70. The zero-order chi connectivity index (χ0) is 19.1.